The molecule has 0 spiro atoms. The fourth-order valence-electron chi connectivity index (χ4n) is 1.92. The zero-order chi connectivity index (χ0) is 14.5. The summed E-state index contributed by atoms with van der Waals surface area (Å²) >= 11 is 5.63. The van der Waals surface area contributed by atoms with Gasteiger partial charge in [0.1, 0.15) is 11.5 Å². The van der Waals surface area contributed by atoms with Crippen molar-refractivity contribution in [3.8, 4) is 11.5 Å². The van der Waals surface area contributed by atoms with Crippen LogP contribution in [-0.2, 0) is 0 Å². The maximum Gasteiger partial charge on any atom is 0.321 e. The summed E-state index contributed by atoms with van der Waals surface area (Å²) in [6, 6.07) is 16.8. The van der Waals surface area contributed by atoms with E-state index in [-0.39, 0.29) is 6.04 Å². The number of anilines is 1. The molecule has 0 atom stereocenters. The lowest BCUT2D eigenvalue weighted by molar-refractivity contribution is 0.263. The number of benzene rings is 2. The molecule has 0 aromatic heterocycles. The molecule has 1 amide bonds. The highest BCUT2D eigenvalue weighted by Crippen LogP contribution is 2.27. The fourth-order valence-corrected chi connectivity index (χ4v) is 2.22. The van der Waals surface area contributed by atoms with Gasteiger partial charge in [-0.25, -0.2) is 0 Å². The van der Waals surface area contributed by atoms with Gasteiger partial charge in [-0.15, -0.1) is 0 Å². The molecule has 20 heavy (non-hydrogen) atoms. The van der Waals surface area contributed by atoms with Gasteiger partial charge in [0.15, 0.2) is 0 Å². The van der Waals surface area contributed by atoms with E-state index in [0.717, 1.165) is 5.75 Å². The Morgan fingerprint density at radius 2 is 1.70 bits per heavy atom. The first-order chi connectivity index (χ1) is 9.58. The molecule has 0 unspecified atom stereocenters. The second-order valence-corrected chi connectivity index (χ2v) is 4.95. The van der Waals surface area contributed by atoms with Crippen molar-refractivity contribution in [1.29, 1.82) is 0 Å². The Labute approximate surface area is 123 Å². The van der Waals surface area contributed by atoms with Gasteiger partial charge in [0, 0.05) is 17.8 Å². The maximum atomic E-state index is 11.5. The fraction of sp³-hybridized carbons (Fsp3) is 0.188. The summed E-state index contributed by atoms with van der Waals surface area (Å²) in [6.07, 6.45) is 0. The molecule has 2 aromatic rings. The van der Waals surface area contributed by atoms with Crippen molar-refractivity contribution in [1.82, 2.24) is 0 Å². The van der Waals surface area contributed by atoms with Crippen LogP contribution < -0.4 is 9.64 Å². The lowest BCUT2D eigenvalue weighted by Gasteiger charge is -2.24. The molecule has 2 rings (SSSR count). The molecule has 0 aliphatic heterocycles. The maximum absolute atomic E-state index is 11.5. The summed E-state index contributed by atoms with van der Waals surface area (Å²) in [5.41, 5.74) is 0.716. The zero-order valence-corrected chi connectivity index (χ0v) is 12.2. The largest absolute Gasteiger partial charge is 0.457 e. The SMILES string of the molecule is CC(C)N(C(=O)Cl)c1cccc(Oc2ccccc2)c1. The molecule has 104 valence electrons. The number of halogens is 1. The van der Waals surface area contributed by atoms with Crippen LogP contribution in [-0.4, -0.2) is 11.4 Å². The highest BCUT2D eigenvalue weighted by molar-refractivity contribution is 6.66. The van der Waals surface area contributed by atoms with Crippen LogP contribution in [0.15, 0.2) is 54.6 Å². The molecule has 0 N–H and O–H groups in total. The van der Waals surface area contributed by atoms with E-state index in [1.54, 1.807) is 6.07 Å². The molecule has 0 aliphatic rings. The van der Waals surface area contributed by atoms with Gasteiger partial charge in [0.05, 0.1) is 0 Å². The van der Waals surface area contributed by atoms with Crippen molar-refractivity contribution >= 4 is 22.7 Å². The minimum atomic E-state index is -0.503. The van der Waals surface area contributed by atoms with Crippen LogP contribution in [0, 0.1) is 0 Å². The minimum Gasteiger partial charge on any atom is -0.457 e. The number of amides is 1. The molecule has 0 bridgehead atoms. The highest BCUT2D eigenvalue weighted by Gasteiger charge is 2.17. The van der Waals surface area contributed by atoms with E-state index in [9.17, 15) is 4.79 Å². The molecular weight excluding hydrogens is 274 g/mol. The minimum absolute atomic E-state index is 0.0213. The summed E-state index contributed by atoms with van der Waals surface area (Å²) in [5.74, 6) is 1.41. The predicted octanol–water partition coefficient (Wildman–Crippen LogP) is 5.05. The molecule has 2 aromatic carbocycles. The third-order valence-corrected chi connectivity index (χ3v) is 2.96. The van der Waals surface area contributed by atoms with Gasteiger partial charge in [-0.1, -0.05) is 24.3 Å². The first-order valence-electron chi connectivity index (χ1n) is 6.39. The number of hydrogen-bond acceptors (Lipinski definition) is 2. The van der Waals surface area contributed by atoms with E-state index in [1.807, 2.05) is 62.4 Å². The molecule has 0 fully saturated rings. The van der Waals surface area contributed by atoms with Crippen molar-refractivity contribution < 1.29 is 9.53 Å². The van der Waals surface area contributed by atoms with E-state index in [0.29, 0.717) is 11.4 Å². The number of ether oxygens (including phenoxy) is 1. The molecule has 0 aliphatic carbocycles. The molecule has 0 radical (unpaired) electrons. The standard InChI is InChI=1S/C16H16ClNO2/c1-12(2)18(16(17)19)13-7-6-10-15(11-13)20-14-8-4-3-5-9-14/h3-12H,1-2H3. The number of rotatable bonds is 4. The molecular formula is C16H16ClNO2. The summed E-state index contributed by atoms with van der Waals surface area (Å²) in [7, 11) is 0. The number of para-hydroxylation sites is 1. The van der Waals surface area contributed by atoms with Crippen molar-refractivity contribution in [2.75, 3.05) is 4.90 Å². The van der Waals surface area contributed by atoms with E-state index in [4.69, 9.17) is 16.3 Å². The van der Waals surface area contributed by atoms with Crippen LogP contribution in [0.2, 0.25) is 0 Å². The average molecular weight is 290 g/mol. The summed E-state index contributed by atoms with van der Waals surface area (Å²) in [5, 5.41) is -0.503. The van der Waals surface area contributed by atoms with Crippen LogP contribution >= 0.6 is 11.6 Å². The Bertz CT molecular complexity index is 584. The number of carbonyl (C=O) groups is 1. The van der Waals surface area contributed by atoms with Crippen molar-refractivity contribution in [3.63, 3.8) is 0 Å². The first kappa shape index (κ1) is 14.4. The normalized spacial score (nSPS) is 10.4. The second-order valence-electron chi connectivity index (χ2n) is 4.63. The van der Waals surface area contributed by atoms with Crippen molar-refractivity contribution in [2.45, 2.75) is 19.9 Å². The van der Waals surface area contributed by atoms with Gasteiger partial charge in [0.25, 0.3) is 0 Å². The van der Waals surface area contributed by atoms with Crippen LogP contribution in [0.4, 0.5) is 10.5 Å². The lowest BCUT2D eigenvalue weighted by atomic mass is 10.2. The average Bonchev–Trinajstić information content (AvgIpc) is 2.39. The van der Waals surface area contributed by atoms with Crippen LogP contribution in [0.25, 0.3) is 0 Å². The van der Waals surface area contributed by atoms with Crippen molar-refractivity contribution in [2.24, 2.45) is 0 Å². The Kier molecular flexibility index (Phi) is 4.64. The highest BCUT2D eigenvalue weighted by atomic mass is 35.5. The third kappa shape index (κ3) is 3.52. The Balaban J connectivity index is 2.25. The van der Waals surface area contributed by atoms with Gasteiger partial charge < -0.3 is 4.74 Å². The van der Waals surface area contributed by atoms with E-state index >= 15 is 0 Å². The molecule has 0 saturated carbocycles. The Morgan fingerprint density at radius 1 is 1.05 bits per heavy atom. The molecule has 0 saturated heterocycles. The molecule has 3 nitrogen and oxygen atoms in total. The summed E-state index contributed by atoms with van der Waals surface area (Å²) < 4.78 is 5.75. The molecule has 0 heterocycles. The first-order valence-corrected chi connectivity index (χ1v) is 6.77. The quantitative estimate of drug-likeness (QED) is 0.582. The Morgan fingerprint density at radius 3 is 2.30 bits per heavy atom. The summed E-state index contributed by atoms with van der Waals surface area (Å²) in [4.78, 5) is 13.0. The van der Waals surface area contributed by atoms with Gasteiger partial charge in [0.2, 0.25) is 0 Å². The van der Waals surface area contributed by atoms with Gasteiger partial charge in [-0.3, -0.25) is 9.69 Å². The second kappa shape index (κ2) is 6.44. The number of carbonyl (C=O) groups excluding carboxylic acids is 1. The van der Waals surface area contributed by atoms with Gasteiger partial charge in [-0.2, -0.15) is 0 Å². The Hall–Kier alpha value is -2.00. The van der Waals surface area contributed by atoms with Crippen LogP contribution in [0.3, 0.4) is 0 Å². The monoisotopic (exact) mass is 289 g/mol. The van der Waals surface area contributed by atoms with E-state index in [2.05, 4.69) is 0 Å². The molecule has 4 heteroatoms. The van der Waals surface area contributed by atoms with E-state index < -0.39 is 5.37 Å². The van der Waals surface area contributed by atoms with Gasteiger partial charge >= 0.3 is 5.37 Å². The smallest absolute Gasteiger partial charge is 0.321 e. The third-order valence-electron chi connectivity index (χ3n) is 2.78. The zero-order valence-electron chi connectivity index (χ0n) is 11.4. The van der Waals surface area contributed by atoms with Crippen LogP contribution in [0.5, 0.6) is 11.5 Å². The van der Waals surface area contributed by atoms with Gasteiger partial charge in [-0.05, 0) is 49.7 Å². The van der Waals surface area contributed by atoms with E-state index in [1.165, 1.54) is 4.90 Å². The van der Waals surface area contributed by atoms with Crippen LogP contribution in [0.1, 0.15) is 13.8 Å². The van der Waals surface area contributed by atoms with Crippen molar-refractivity contribution in [3.05, 3.63) is 54.6 Å². The predicted molar refractivity (Wildman–Crippen MR) is 81.8 cm³/mol. The topological polar surface area (TPSA) is 29.5 Å². The summed E-state index contributed by atoms with van der Waals surface area (Å²) in [6.45, 7) is 3.82. The number of hydrogen-bond donors (Lipinski definition) is 0. The number of nitrogens with zero attached hydrogens (tertiary/aromatic N) is 1. The lowest BCUT2D eigenvalue weighted by Crippen LogP contribution is -2.32.